The van der Waals surface area contributed by atoms with E-state index in [1.165, 1.54) is 0 Å². The van der Waals surface area contributed by atoms with E-state index in [2.05, 4.69) is 0 Å². The predicted octanol–water partition coefficient (Wildman–Crippen LogP) is 9.14. The maximum atomic E-state index is 12.5. The molecule has 4 aromatic rings. The van der Waals surface area contributed by atoms with E-state index >= 15 is 0 Å². The summed E-state index contributed by atoms with van der Waals surface area (Å²) in [5, 5.41) is 0. The number of hydrogen-bond acceptors (Lipinski definition) is 6. The minimum Gasteiger partial charge on any atom is -0.293 e. The molecule has 1 unspecified atom stereocenters. The third-order valence-electron chi connectivity index (χ3n) is 8.74. The highest BCUT2D eigenvalue weighted by Crippen LogP contribution is 2.39. The van der Waals surface area contributed by atoms with Crippen molar-refractivity contribution in [2.75, 3.05) is 0 Å². The van der Waals surface area contributed by atoms with Crippen molar-refractivity contribution < 1.29 is 29.1 Å². The lowest BCUT2D eigenvalue weighted by Crippen LogP contribution is -2.28. The molecule has 0 aliphatic heterocycles. The summed E-state index contributed by atoms with van der Waals surface area (Å²) < 4.78 is 0. The molecule has 0 saturated heterocycles. The number of carbonyl (C=O) groups excluding carboxylic acids is 2. The molecule has 44 heavy (non-hydrogen) atoms. The Morgan fingerprint density at radius 3 is 1.52 bits per heavy atom. The van der Waals surface area contributed by atoms with E-state index in [4.69, 9.17) is 19.6 Å². The quantitative estimate of drug-likeness (QED) is 0.143. The Kier molecular flexibility index (Phi) is 9.48. The second-order valence-corrected chi connectivity index (χ2v) is 11.5. The van der Waals surface area contributed by atoms with Crippen LogP contribution in [0.4, 0.5) is 0 Å². The van der Waals surface area contributed by atoms with Gasteiger partial charge >= 0.3 is 11.9 Å². The van der Waals surface area contributed by atoms with E-state index in [1.54, 1.807) is 24.3 Å². The summed E-state index contributed by atoms with van der Waals surface area (Å²) >= 11 is 0. The lowest BCUT2D eigenvalue weighted by atomic mass is 9.74. The molecule has 1 saturated carbocycles. The van der Waals surface area contributed by atoms with Crippen LogP contribution < -0.4 is 0 Å². The van der Waals surface area contributed by atoms with Gasteiger partial charge < -0.3 is 0 Å². The maximum Gasteiger partial charge on any atom is 0.386 e. The molecule has 1 fully saturated rings. The molecule has 0 bridgehead atoms. The van der Waals surface area contributed by atoms with Gasteiger partial charge in [-0.2, -0.15) is 4.89 Å². The molecule has 0 N–H and O–H groups in total. The average molecular weight is 589 g/mol. The monoisotopic (exact) mass is 588 g/mol. The van der Waals surface area contributed by atoms with Gasteiger partial charge in [-0.1, -0.05) is 84.9 Å². The summed E-state index contributed by atoms with van der Waals surface area (Å²) in [6.07, 6.45) is 8.34. The van der Waals surface area contributed by atoms with E-state index in [9.17, 15) is 9.59 Å². The van der Waals surface area contributed by atoms with Gasteiger partial charge in [0.25, 0.3) is 0 Å². The van der Waals surface area contributed by atoms with Gasteiger partial charge in [0.05, 0.1) is 11.1 Å². The molecule has 0 heterocycles. The Balaban J connectivity index is 0.898. The third kappa shape index (κ3) is 7.44. The van der Waals surface area contributed by atoms with Crippen molar-refractivity contribution in [1.29, 1.82) is 0 Å². The first-order valence-electron chi connectivity index (χ1n) is 15.4. The van der Waals surface area contributed by atoms with Gasteiger partial charge in [-0.15, -0.1) is 0 Å². The van der Waals surface area contributed by atoms with Gasteiger partial charge in [-0.05, 0) is 103 Å². The Morgan fingerprint density at radius 1 is 0.523 bits per heavy atom. The van der Waals surface area contributed by atoms with E-state index < -0.39 is 11.9 Å². The van der Waals surface area contributed by atoms with Gasteiger partial charge in [0.2, 0.25) is 0 Å². The van der Waals surface area contributed by atoms with Crippen LogP contribution in [0, 0.1) is 11.8 Å². The Bertz CT molecular complexity index is 1550. The van der Waals surface area contributed by atoms with Gasteiger partial charge in [0.15, 0.2) is 5.76 Å². The fraction of sp³-hybridized carbons (Fsp3) is 0.263. The minimum absolute atomic E-state index is 0.0852. The number of hydrogen-bond donors (Lipinski definition) is 0. The second-order valence-electron chi connectivity index (χ2n) is 11.5. The molecule has 4 aromatic carbocycles. The van der Waals surface area contributed by atoms with Crippen LogP contribution in [0.3, 0.4) is 0 Å². The van der Waals surface area contributed by atoms with Crippen molar-refractivity contribution in [3.05, 3.63) is 132 Å². The number of carbonyl (C=O) groups is 2. The first-order chi connectivity index (χ1) is 21.6. The zero-order valence-corrected chi connectivity index (χ0v) is 24.6. The Hall–Kier alpha value is -4.68. The summed E-state index contributed by atoms with van der Waals surface area (Å²) in [6, 6.07) is 34.7. The predicted molar refractivity (Wildman–Crippen MR) is 168 cm³/mol. The molecule has 6 rings (SSSR count). The van der Waals surface area contributed by atoms with E-state index in [0.717, 1.165) is 67.2 Å². The van der Waals surface area contributed by atoms with Crippen molar-refractivity contribution in [2.45, 2.75) is 51.0 Å². The highest BCUT2D eigenvalue weighted by atomic mass is 17.2. The minimum atomic E-state index is -0.504. The summed E-state index contributed by atoms with van der Waals surface area (Å²) in [7, 11) is 0. The van der Waals surface area contributed by atoms with Crippen LogP contribution in [0.15, 0.2) is 121 Å². The first kappa shape index (κ1) is 29.4. The van der Waals surface area contributed by atoms with Gasteiger partial charge in [0.1, 0.15) is 6.10 Å². The first-order valence-corrected chi connectivity index (χ1v) is 15.4. The van der Waals surface area contributed by atoms with Crippen molar-refractivity contribution in [2.24, 2.45) is 11.8 Å². The highest BCUT2D eigenvalue weighted by molar-refractivity contribution is 5.90. The lowest BCUT2D eigenvalue weighted by Gasteiger charge is -2.34. The van der Waals surface area contributed by atoms with Gasteiger partial charge in [0, 0.05) is 6.42 Å². The molecular weight excluding hydrogens is 552 g/mol. The maximum absolute atomic E-state index is 12.5. The number of allylic oxidation sites excluding steroid dienone is 2. The average Bonchev–Trinajstić information content (AvgIpc) is 3.11. The molecule has 2 aliphatic rings. The van der Waals surface area contributed by atoms with Crippen molar-refractivity contribution in [3.8, 4) is 22.3 Å². The van der Waals surface area contributed by atoms with Crippen molar-refractivity contribution in [3.63, 3.8) is 0 Å². The smallest absolute Gasteiger partial charge is 0.293 e. The van der Waals surface area contributed by atoms with Crippen LogP contribution in [-0.2, 0) is 19.6 Å². The van der Waals surface area contributed by atoms with E-state index in [-0.39, 0.29) is 6.10 Å². The van der Waals surface area contributed by atoms with Crippen LogP contribution in [-0.4, -0.2) is 18.0 Å². The fourth-order valence-corrected chi connectivity index (χ4v) is 6.15. The van der Waals surface area contributed by atoms with Crippen LogP contribution >= 0.6 is 0 Å². The van der Waals surface area contributed by atoms with Crippen molar-refractivity contribution in [1.82, 2.24) is 0 Å². The summed E-state index contributed by atoms with van der Waals surface area (Å²) in [4.78, 5) is 46.4. The molecule has 0 amide bonds. The highest BCUT2D eigenvalue weighted by Gasteiger charge is 2.30. The molecular formula is C38H36O6. The van der Waals surface area contributed by atoms with Crippen LogP contribution in [0.1, 0.15) is 65.7 Å². The molecule has 6 nitrogen and oxygen atoms in total. The second kappa shape index (κ2) is 14.2. The van der Waals surface area contributed by atoms with Crippen LogP contribution in [0.5, 0.6) is 0 Å². The molecule has 6 heteroatoms. The van der Waals surface area contributed by atoms with Gasteiger partial charge in [-0.25, -0.2) is 14.5 Å². The van der Waals surface area contributed by atoms with E-state index in [1.807, 2.05) is 91.0 Å². The summed E-state index contributed by atoms with van der Waals surface area (Å²) in [5.74, 6) is 0.864. The lowest BCUT2D eigenvalue weighted by molar-refractivity contribution is -0.281. The standard InChI is InChI=1S/C38H36O6/c39-37(33-15-11-29(12-16-33)27-7-3-1-4-8-27)43-41-35-23-19-31(20-24-35)32-21-25-36(26-22-32)42-44-38(40)34-17-13-30(14-18-34)28-9-5-2-6-10-28/h1-18,23,31-32,36H,19-22,24-26H2. The molecule has 0 aromatic heterocycles. The SMILES string of the molecule is O=C(OOC1=CCC(C2CCC(OOC(=O)c3ccc(-c4ccccc4)cc3)CC2)CC1)c1ccc(-c2ccccc2)cc1. The zero-order chi connectivity index (χ0) is 30.1. The largest absolute Gasteiger partial charge is 0.386 e. The molecule has 1 atom stereocenters. The fourth-order valence-electron chi connectivity index (χ4n) is 6.15. The van der Waals surface area contributed by atoms with Crippen LogP contribution in [0.25, 0.3) is 22.3 Å². The number of rotatable bonds is 9. The van der Waals surface area contributed by atoms with Gasteiger partial charge in [-0.3, -0.25) is 9.78 Å². The molecule has 224 valence electrons. The normalized spacial score (nSPS) is 19.8. The zero-order valence-electron chi connectivity index (χ0n) is 24.6. The molecule has 2 aliphatic carbocycles. The van der Waals surface area contributed by atoms with E-state index in [0.29, 0.717) is 28.7 Å². The molecule has 0 radical (unpaired) electrons. The summed E-state index contributed by atoms with van der Waals surface area (Å²) in [5.41, 5.74) is 5.19. The molecule has 0 spiro atoms. The Labute approximate surface area is 258 Å². The number of benzene rings is 4. The Morgan fingerprint density at radius 2 is 1.02 bits per heavy atom. The summed E-state index contributed by atoms with van der Waals surface area (Å²) in [6.45, 7) is 0. The third-order valence-corrected chi connectivity index (χ3v) is 8.74. The van der Waals surface area contributed by atoms with Crippen molar-refractivity contribution >= 4 is 11.9 Å². The van der Waals surface area contributed by atoms with Crippen LogP contribution in [0.2, 0.25) is 0 Å². The topological polar surface area (TPSA) is 71.1 Å².